The van der Waals surface area contributed by atoms with Crippen molar-refractivity contribution in [2.45, 2.75) is 27.2 Å². The lowest BCUT2D eigenvalue weighted by atomic mass is 10.1. The number of anilines is 1. The van der Waals surface area contributed by atoms with Crippen molar-refractivity contribution in [3.8, 4) is 0 Å². The number of hydrogen-bond donors (Lipinski definition) is 1. The first-order valence-electron chi connectivity index (χ1n) is 6.52. The molecule has 1 amide bonds. The quantitative estimate of drug-likeness (QED) is 0.841. The molecule has 1 aromatic heterocycles. The van der Waals surface area contributed by atoms with Crippen LogP contribution in [0, 0.1) is 5.92 Å². The van der Waals surface area contributed by atoms with Crippen LogP contribution in [-0.4, -0.2) is 31.0 Å². The van der Waals surface area contributed by atoms with E-state index in [1.54, 1.807) is 19.3 Å². The Labute approximate surface area is 109 Å². The number of aromatic nitrogens is 1. The summed E-state index contributed by atoms with van der Waals surface area (Å²) < 4.78 is 0. The average Bonchev–Trinajstić information content (AvgIpc) is 2.37. The second kappa shape index (κ2) is 6.99. The van der Waals surface area contributed by atoms with Crippen LogP contribution in [0.3, 0.4) is 0 Å². The van der Waals surface area contributed by atoms with Gasteiger partial charge in [0.05, 0.1) is 5.56 Å². The molecule has 4 heteroatoms. The zero-order valence-electron chi connectivity index (χ0n) is 11.7. The summed E-state index contributed by atoms with van der Waals surface area (Å²) in [4.78, 5) is 18.4. The molecule has 100 valence electrons. The second-order valence-electron chi connectivity index (χ2n) is 4.79. The highest BCUT2D eigenvalue weighted by atomic mass is 16.1. The van der Waals surface area contributed by atoms with Crippen LogP contribution in [0.15, 0.2) is 18.3 Å². The van der Waals surface area contributed by atoms with Crippen LogP contribution in [0.1, 0.15) is 37.6 Å². The molecule has 18 heavy (non-hydrogen) atoms. The van der Waals surface area contributed by atoms with Gasteiger partial charge in [0, 0.05) is 26.3 Å². The highest BCUT2D eigenvalue weighted by Crippen LogP contribution is 2.18. The van der Waals surface area contributed by atoms with Crippen LogP contribution in [0.5, 0.6) is 0 Å². The van der Waals surface area contributed by atoms with E-state index >= 15 is 0 Å². The highest BCUT2D eigenvalue weighted by molar-refractivity contribution is 5.98. The molecule has 0 spiro atoms. The molecule has 1 aromatic rings. The Morgan fingerprint density at radius 1 is 1.50 bits per heavy atom. The van der Waals surface area contributed by atoms with Gasteiger partial charge in [0.25, 0.3) is 5.91 Å². The van der Waals surface area contributed by atoms with Crippen LogP contribution in [0.4, 0.5) is 5.82 Å². The number of pyridine rings is 1. The van der Waals surface area contributed by atoms with Gasteiger partial charge in [-0.1, -0.05) is 20.8 Å². The maximum atomic E-state index is 11.9. The van der Waals surface area contributed by atoms with E-state index in [9.17, 15) is 4.79 Å². The van der Waals surface area contributed by atoms with Crippen molar-refractivity contribution in [1.29, 1.82) is 0 Å². The number of nitrogens with zero attached hydrogens (tertiary/aromatic N) is 2. The zero-order chi connectivity index (χ0) is 13.5. The van der Waals surface area contributed by atoms with E-state index in [-0.39, 0.29) is 5.91 Å². The normalized spacial score (nSPS) is 10.5. The maximum Gasteiger partial charge on any atom is 0.254 e. The Bertz CT molecular complexity index is 390. The Hall–Kier alpha value is -1.58. The first kappa shape index (κ1) is 14.5. The molecule has 0 atom stereocenters. The van der Waals surface area contributed by atoms with Crippen molar-refractivity contribution < 1.29 is 4.79 Å². The summed E-state index contributed by atoms with van der Waals surface area (Å²) in [5.74, 6) is 1.24. The third-order valence-electron chi connectivity index (χ3n) is 2.64. The van der Waals surface area contributed by atoms with Crippen molar-refractivity contribution in [1.82, 2.24) is 10.3 Å². The molecule has 0 bridgehead atoms. The van der Waals surface area contributed by atoms with Gasteiger partial charge < -0.3 is 10.2 Å². The van der Waals surface area contributed by atoms with Crippen molar-refractivity contribution in [3.05, 3.63) is 23.9 Å². The lowest BCUT2D eigenvalue weighted by Crippen LogP contribution is -2.32. The van der Waals surface area contributed by atoms with E-state index in [4.69, 9.17) is 0 Å². The molecule has 1 N–H and O–H groups in total. The van der Waals surface area contributed by atoms with E-state index in [1.165, 1.54) is 0 Å². The molecule has 0 aliphatic heterocycles. The third-order valence-corrected chi connectivity index (χ3v) is 2.64. The molecular weight excluding hydrogens is 226 g/mol. The fourth-order valence-electron chi connectivity index (χ4n) is 1.96. The van der Waals surface area contributed by atoms with Crippen molar-refractivity contribution >= 4 is 11.7 Å². The number of carbonyl (C=O) groups is 1. The van der Waals surface area contributed by atoms with E-state index in [0.29, 0.717) is 11.5 Å². The Morgan fingerprint density at radius 2 is 2.22 bits per heavy atom. The van der Waals surface area contributed by atoms with Crippen LogP contribution in [0.2, 0.25) is 0 Å². The van der Waals surface area contributed by atoms with Gasteiger partial charge in [-0.05, 0) is 24.5 Å². The third kappa shape index (κ3) is 3.72. The standard InChI is InChI=1S/C14H23N3O/c1-5-9-17(10-11(2)3)13-12(14(18)15-4)7-6-8-16-13/h6-8,11H,5,9-10H2,1-4H3,(H,15,18). The summed E-state index contributed by atoms with van der Waals surface area (Å²) in [6.07, 6.45) is 2.78. The zero-order valence-corrected chi connectivity index (χ0v) is 11.7. The summed E-state index contributed by atoms with van der Waals surface area (Å²) in [7, 11) is 1.64. The summed E-state index contributed by atoms with van der Waals surface area (Å²) in [6.45, 7) is 8.31. The predicted molar refractivity (Wildman–Crippen MR) is 75.0 cm³/mol. The number of amides is 1. The first-order valence-corrected chi connectivity index (χ1v) is 6.52. The van der Waals surface area contributed by atoms with Gasteiger partial charge in [-0.25, -0.2) is 4.98 Å². The smallest absolute Gasteiger partial charge is 0.254 e. The minimum absolute atomic E-state index is 0.0806. The molecule has 0 unspecified atom stereocenters. The molecule has 0 fully saturated rings. The molecule has 0 aromatic carbocycles. The minimum Gasteiger partial charge on any atom is -0.356 e. The first-order chi connectivity index (χ1) is 8.60. The van der Waals surface area contributed by atoms with Crippen molar-refractivity contribution in [2.24, 2.45) is 5.92 Å². The summed E-state index contributed by atoms with van der Waals surface area (Å²) in [6, 6.07) is 3.62. The van der Waals surface area contributed by atoms with Gasteiger partial charge in [-0.2, -0.15) is 0 Å². The summed E-state index contributed by atoms with van der Waals surface area (Å²) in [5.41, 5.74) is 0.647. The molecule has 0 aliphatic carbocycles. The van der Waals surface area contributed by atoms with E-state index in [0.717, 1.165) is 25.3 Å². The van der Waals surface area contributed by atoms with Crippen LogP contribution in [0.25, 0.3) is 0 Å². The molecule has 0 radical (unpaired) electrons. The van der Waals surface area contributed by atoms with Crippen LogP contribution < -0.4 is 10.2 Å². The van der Waals surface area contributed by atoms with Crippen molar-refractivity contribution in [3.63, 3.8) is 0 Å². The fraction of sp³-hybridized carbons (Fsp3) is 0.571. The lowest BCUT2D eigenvalue weighted by Gasteiger charge is -2.26. The Kier molecular flexibility index (Phi) is 5.62. The number of rotatable bonds is 6. The molecule has 1 heterocycles. The molecule has 0 saturated heterocycles. The monoisotopic (exact) mass is 249 g/mol. The molecular formula is C14H23N3O. The van der Waals surface area contributed by atoms with E-state index in [2.05, 4.69) is 36.0 Å². The highest BCUT2D eigenvalue weighted by Gasteiger charge is 2.17. The number of carbonyl (C=O) groups excluding carboxylic acids is 1. The Morgan fingerprint density at radius 3 is 2.78 bits per heavy atom. The number of nitrogens with one attached hydrogen (secondary N) is 1. The largest absolute Gasteiger partial charge is 0.356 e. The van der Waals surface area contributed by atoms with Gasteiger partial charge in [0.15, 0.2) is 0 Å². The van der Waals surface area contributed by atoms with Gasteiger partial charge in [0.1, 0.15) is 5.82 Å². The maximum absolute atomic E-state index is 11.9. The van der Waals surface area contributed by atoms with Crippen molar-refractivity contribution in [2.75, 3.05) is 25.0 Å². The van der Waals surface area contributed by atoms with Crippen LogP contribution in [-0.2, 0) is 0 Å². The summed E-state index contributed by atoms with van der Waals surface area (Å²) in [5, 5.41) is 2.67. The van der Waals surface area contributed by atoms with Gasteiger partial charge >= 0.3 is 0 Å². The molecule has 1 rings (SSSR count). The van der Waals surface area contributed by atoms with E-state index < -0.39 is 0 Å². The second-order valence-corrected chi connectivity index (χ2v) is 4.79. The number of hydrogen-bond acceptors (Lipinski definition) is 3. The Balaban J connectivity index is 3.06. The minimum atomic E-state index is -0.0806. The van der Waals surface area contributed by atoms with Gasteiger partial charge in [0.2, 0.25) is 0 Å². The topological polar surface area (TPSA) is 45.2 Å². The van der Waals surface area contributed by atoms with Gasteiger partial charge in [-0.3, -0.25) is 4.79 Å². The SMILES string of the molecule is CCCN(CC(C)C)c1ncccc1C(=O)NC. The fourth-order valence-corrected chi connectivity index (χ4v) is 1.96. The molecule has 0 aliphatic rings. The lowest BCUT2D eigenvalue weighted by molar-refractivity contribution is 0.0963. The van der Waals surface area contributed by atoms with Crippen LogP contribution >= 0.6 is 0 Å². The molecule has 4 nitrogen and oxygen atoms in total. The predicted octanol–water partition coefficient (Wildman–Crippen LogP) is 2.31. The molecule has 0 saturated carbocycles. The van der Waals surface area contributed by atoms with E-state index in [1.807, 2.05) is 6.07 Å². The average molecular weight is 249 g/mol. The summed E-state index contributed by atoms with van der Waals surface area (Å²) >= 11 is 0. The van der Waals surface area contributed by atoms with Gasteiger partial charge in [-0.15, -0.1) is 0 Å².